The molecule has 24 heavy (non-hydrogen) atoms. The Morgan fingerprint density at radius 1 is 1.42 bits per heavy atom. The van der Waals surface area contributed by atoms with Gasteiger partial charge in [0.25, 0.3) is 5.91 Å². The third-order valence-corrected chi connectivity index (χ3v) is 5.05. The Balaban J connectivity index is 2.08. The van der Waals surface area contributed by atoms with Gasteiger partial charge in [-0.1, -0.05) is 29.3 Å². The van der Waals surface area contributed by atoms with Crippen molar-refractivity contribution in [2.45, 2.75) is 18.9 Å². The summed E-state index contributed by atoms with van der Waals surface area (Å²) in [5.41, 5.74) is 0.583. The van der Waals surface area contributed by atoms with Crippen molar-refractivity contribution in [3.05, 3.63) is 40.0 Å². The molecule has 0 spiro atoms. The summed E-state index contributed by atoms with van der Waals surface area (Å²) in [6.07, 6.45) is 3.20. The maximum atomic E-state index is 12.6. The lowest BCUT2D eigenvalue weighted by Gasteiger charge is -2.35. The first-order valence-corrected chi connectivity index (χ1v) is 8.46. The van der Waals surface area contributed by atoms with Gasteiger partial charge in [0.15, 0.2) is 0 Å². The second-order valence-corrected chi connectivity index (χ2v) is 6.65. The van der Waals surface area contributed by atoms with Crippen molar-refractivity contribution in [2.24, 2.45) is 0 Å². The van der Waals surface area contributed by atoms with Crippen molar-refractivity contribution in [3.8, 4) is 6.07 Å². The molecule has 1 N–H and O–H groups in total. The number of piperidine rings is 1. The fourth-order valence-electron chi connectivity index (χ4n) is 2.65. The number of halogens is 2. The van der Waals surface area contributed by atoms with Crippen LogP contribution in [0.25, 0.3) is 0 Å². The molecule has 7 heteroatoms. The zero-order valence-electron chi connectivity index (χ0n) is 13.7. The average molecular weight is 367 g/mol. The van der Waals surface area contributed by atoms with Crippen LogP contribution in [0.2, 0.25) is 10.0 Å². The highest BCUT2D eigenvalue weighted by Crippen LogP contribution is 2.29. The van der Waals surface area contributed by atoms with Crippen LogP contribution in [-0.4, -0.2) is 48.9 Å². The SMILES string of the molecule is CN1CCC(N(C)C(=O)/C(C#N)=C\Nc2cccc(Cl)c2Cl)CC1. The highest BCUT2D eigenvalue weighted by Gasteiger charge is 2.25. The number of anilines is 1. The molecule has 1 aliphatic rings. The maximum Gasteiger partial charge on any atom is 0.266 e. The monoisotopic (exact) mass is 366 g/mol. The molecular weight excluding hydrogens is 347 g/mol. The first-order valence-electron chi connectivity index (χ1n) is 7.70. The Hall–Kier alpha value is -1.74. The summed E-state index contributed by atoms with van der Waals surface area (Å²) in [5.74, 6) is -0.294. The molecule has 128 valence electrons. The van der Waals surface area contributed by atoms with Crippen LogP contribution < -0.4 is 5.32 Å². The first-order chi connectivity index (χ1) is 11.4. The maximum absolute atomic E-state index is 12.6. The number of hydrogen-bond acceptors (Lipinski definition) is 4. The normalized spacial score (nSPS) is 16.5. The number of nitrogens with zero attached hydrogens (tertiary/aromatic N) is 3. The molecule has 0 radical (unpaired) electrons. The minimum Gasteiger partial charge on any atom is -0.359 e. The van der Waals surface area contributed by atoms with Gasteiger partial charge in [-0.05, 0) is 45.1 Å². The molecule has 1 heterocycles. The van der Waals surface area contributed by atoms with Gasteiger partial charge in [-0.25, -0.2) is 0 Å². The zero-order chi connectivity index (χ0) is 17.7. The molecule has 5 nitrogen and oxygen atoms in total. The lowest BCUT2D eigenvalue weighted by atomic mass is 10.0. The summed E-state index contributed by atoms with van der Waals surface area (Å²) in [7, 11) is 3.81. The number of amides is 1. The van der Waals surface area contributed by atoms with Gasteiger partial charge in [0, 0.05) is 19.3 Å². The van der Waals surface area contributed by atoms with Gasteiger partial charge < -0.3 is 15.1 Å². The Bertz CT molecular complexity index is 676. The number of rotatable bonds is 4. The Morgan fingerprint density at radius 3 is 2.71 bits per heavy atom. The standard InChI is InChI=1S/C17H20Cl2N4O/c1-22-8-6-13(7-9-22)23(2)17(24)12(10-20)11-21-15-5-3-4-14(18)16(15)19/h3-5,11,13,21H,6-9H2,1-2H3/b12-11-. The summed E-state index contributed by atoms with van der Waals surface area (Å²) in [5, 5.41) is 13.0. The van der Waals surface area contributed by atoms with Crippen LogP contribution >= 0.6 is 23.2 Å². The van der Waals surface area contributed by atoms with E-state index in [0.29, 0.717) is 15.7 Å². The van der Waals surface area contributed by atoms with E-state index in [2.05, 4.69) is 17.3 Å². The average Bonchev–Trinajstić information content (AvgIpc) is 2.58. The number of carbonyl (C=O) groups excluding carboxylic acids is 1. The molecule has 1 aliphatic heterocycles. The highest BCUT2D eigenvalue weighted by molar-refractivity contribution is 6.43. The van der Waals surface area contributed by atoms with Gasteiger partial charge >= 0.3 is 0 Å². The van der Waals surface area contributed by atoms with E-state index in [9.17, 15) is 10.1 Å². The second-order valence-electron chi connectivity index (χ2n) is 5.87. The van der Waals surface area contributed by atoms with Crippen LogP contribution in [0, 0.1) is 11.3 Å². The van der Waals surface area contributed by atoms with Crippen molar-refractivity contribution in [2.75, 3.05) is 32.5 Å². The molecule has 2 rings (SSSR count). The third-order valence-electron chi connectivity index (χ3n) is 4.23. The molecule has 1 aromatic rings. The van der Waals surface area contributed by atoms with Crippen molar-refractivity contribution in [3.63, 3.8) is 0 Å². The minimum atomic E-state index is -0.294. The van der Waals surface area contributed by atoms with Crippen molar-refractivity contribution < 1.29 is 4.79 Å². The zero-order valence-corrected chi connectivity index (χ0v) is 15.2. The van der Waals surface area contributed by atoms with Crippen LogP contribution in [0.15, 0.2) is 30.0 Å². The predicted octanol–water partition coefficient (Wildman–Crippen LogP) is 3.37. The van der Waals surface area contributed by atoms with Crippen LogP contribution in [-0.2, 0) is 4.79 Å². The van der Waals surface area contributed by atoms with E-state index in [4.69, 9.17) is 23.2 Å². The third kappa shape index (κ3) is 4.41. The Kier molecular flexibility index (Phi) is 6.50. The van der Waals surface area contributed by atoms with E-state index in [1.54, 1.807) is 30.1 Å². The molecule has 0 bridgehead atoms. The number of benzene rings is 1. The topological polar surface area (TPSA) is 59.4 Å². The van der Waals surface area contributed by atoms with Gasteiger partial charge in [0.05, 0.1) is 15.7 Å². The number of carbonyl (C=O) groups is 1. The smallest absolute Gasteiger partial charge is 0.266 e. The van der Waals surface area contributed by atoms with E-state index in [1.165, 1.54) is 6.20 Å². The molecular formula is C17H20Cl2N4O. The van der Waals surface area contributed by atoms with Crippen molar-refractivity contribution in [1.82, 2.24) is 9.80 Å². The van der Waals surface area contributed by atoms with E-state index >= 15 is 0 Å². The van der Waals surface area contributed by atoms with E-state index < -0.39 is 0 Å². The lowest BCUT2D eigenvalue weighted by molar-refractivity contribution is -0.128. The fraction of sp³-hybridized carbons (Fsp3) is 0.412. The quantitative estimate of drug-likeness (QED) is 0.655. The summed E-state index contributed by atoms with van der Waals surface area (Å²) in [4.78, 5) is 16.4. The molecule has 0 aromatic heterocycles. The van der Waals surface area contributed by atoms with Gasteiger partial charge in [0.1, 0.15) is 11.6 Å². The summed E-state index contributed by atoms with van der Waals surface area (Å²) < 4.78 is 0. The summed E-state index contributed by atoms with van der Waals surface area (Å²) in [6.45, 7) is 1.90. The molecule has 1 fully saturated rings. The van der Waals surface area contributed by atoms with Gasteiger partial charge in [-0.2, -0.15) is 5.26 Å². The van der Waals surface area contributed by atoms with E-state index in [0.717, 1.165) is 25.9 Å². The molecule has 0 saturated carbocycles. The predicted molar refractivity (Wildman–Crippen MR) is 97.1 cm³/mol. The van der Waals surface area contributed by atoms with Crippen molar-refractivity contribution in [1.29, 1.82) is 5.26 Å². The van der Waals surface area contributed by atoms with Crippen LogP contribution in [0.3, 0.4) is 0 Å². The molecule has 1 amide bonds. The first kappa shape index (κ1) is 18.6. The van der Waals surface area contributed by atoms with Gasteiger partial charge in [-0.15, -0.1) is 0 Å². The van der Waals surface area contributed by atoms with Gasteiger partial charge in [-0.3, -0.25) is 4.79 Å². The summed E-state index contributed by atoms with van der Waals surface area (Å²) >= 11 is 12.0. The molecule has 0 atom stereocenters. The highest BCUT2D eigenvalue weighted by atomic mass is 35.5. The largest absolute Gasteiger partial charge is 0.359 e. The molecule has 0 aliphatic carbocycles. The number of nitrogens with one attached hydrogen (secondary N) is 1. The van der Waals surface area contributed by atoms with Crippen LogP contribution in [0.1, 0.15) is 12.8 Å². The summed E-state index contributed by atoms with van der Waals surface area (Å²) in [6, 6.07) is 7.24. The second kappa shape index (κ2) is 8.39. The molecule has 0 unspecified atom stereocenters. The minimum absolute atomic E-state index is 0.0347. The van der Waals surface area contributed by atoms with Gasteiger partial charge in [0.2, 0.25) is 0 Å². The fourth-order valence-corrected chi connectivity index (χ4v) is 3.00. The van der Waals surface area contributed by atoms with Crippen LogP contribution in [0.4, 0.5) is 5.69 Å². The van der Waals surface area contributed by atoms with Crippen LogP contribution in [0.5, 0.6) is 0 Å². The molecule has 1 saturated heterocycles. The number of likely N-dealkylation sites (tertiary alicyclic amines) is 1. The Morgan fingerprint density at radius 2 is 2.08 bits per heavy atom. The number of likely N-dealkylation sites (N-methyl/N-ethyl adjacent to an activating group) is 1. The lowest BCUT2D eigenvalue weighted by Crippen LogP contribution is -2.44. The van der Waals surface area contributed by atoms with Crippen molar-refractivity contribution >= 4 is 34.8 Å². The van der Waals surface area contributed by atoms with E-state index in [1.807, 2.05) is 6.07 Å². The Labute approximate surface area is 152 Å². The number of nitriles is 1. The van der Waals surface area contributed by atoms with E-state index in [-0.39, 0.29) is 17.5 Å². The number of hydrogen-bond donors (Lipinski definition) is 1. The molecule has 1 aromatic carbocycles.